The Morgan fingerprint density at radius 2 is 2.05 bits per heavy atom. The summed E-state index contributed by atoms with van der Waals surface area (Å²) in [6, 6.07) is 8.02. The molecule has 1 heterocycles. The summed E-state index contributed by atoms with van der Waals surface area (Å²) in [4.78, 5) is 14.0. The largest absolute Gasteiger partial charge is 0.337 e. The van der Waals surface area contributed by atoms with E-state index < -0.39 is 10.0 Å². The standard InChI is InChI=1S/C15H20N2O3S/c1-3-9-17(21(2,19)20)12-15(18)16-10-8-13-6-4-5-7-14(13)11-16/h3-7H,1,8-12H2,2H3. The molecule has 1 aliphatic heterocycles. The van der Waals surface area contributed by atoms with Gasteiger partial charge >= 0.3 is 0 Å². The highest BCUT2D eigenvalue weighted by Gasteiger charge is 2.25. The van der Waals surface area contributed by atoms with Crippen molar-refractivity contribution >= 4 is 15.9 Å². The van der Waals surface area contributed by atoms with Crippen molar-refractivity contribution in [3.8, 4) is 0 Å². The second-order valence-corrected chi connectivity index (χ2v) is 7.16. The number of hydrogen-bond donors (Lipinski definition) is 0. The van der Waals surface area contributed by atoms with E-state index in [0.29, 0.717) is 13.1 Å². The molecule has 1 aliphatic rings. The second-order valence-electron chi connectivity index (χ2n) is 5.18. The van der Waals surface area contributed by atoms with Crippen molar-refractivity contribution in [2.45, 2.75) is 13.0 Å². The van der Waals surface area contributed by atoms with Crippen molar-refractivity contribution in [3.63, 3.8) is 0 Å². The summed E-state index contributed by atoms with van der Waals surface area (Å²) in [5.74, 6) is -0.170. The number of amides is 1. The Kier molecular flexibility index (Phi) is 4.80. The lowest BCUT2D eigenvalue weighted by molar-refractivity contribution is -0.132. The van der Waals surface area contributed by atoms with E-state index >= 15 is 0 Å². The normalized spacial score (nSPS) is 14.9. The van der Waals surface area contributed by atoms with Gasteiger partial charge in [-0.05, 0) is 17.5 Å². The fourth-order valence-electron chi connectivity index (χ4n) is 2.42. The monoisotopic (exact) mass is 308 g/mol. The Labute approximate surface area is 125 Å². The molecule has 0 N–H and O–H groups in total. The summed E-state index contributed by atoms with van der Waals surface area (Å²) in [6.07, 6.45) is 3.40. The Bertz CT molecular complexity index is 640. The van der Waals surface area contributed by atoms with Gasteiger partial charge in [0.1, 0.15) is 0 Å². The highest BCUT2D eigenvalue weighted by atomic mass is 32.2. The number of hydrogen-bond acceptors (Lipinski definition) is 3. The summed E-state index contributed by atoms with van der Waals surface area (Å²) in [5.41, 5.74) is 2.39. The van der Waals surface area contributed by atoms with Crippen LogP contribution in [0.2, 0.25) is 0 Å². The molecule has 0 atom stereocenters. The molecule has 2 rings (SSSR count). The van der Waals surface area contributed by atoms with Gasteiger partial charge in [0, 0.05) is 19.6 Å². The van der Waals surface area contributed by atoms with E-state index in [9.17, 15) is 13.2 Å². The van der Waals surface area contributed by atoms with Crippen LogP contribution in [0.4, 0.5) is 0 Å². The summed E-state index contributed by atoms with van der Waals surface area (Å²) in [6.45, 7) is 4.72. The molecule has 0 aromatic heterocycles. The molecule has 114 valence electrons. The van der Waals surface area contributed by atoms with Crippen LogP contribution in [0.1, 0.15) is 11.1 Å². The topological polar surface area (TPSA) is 57.7 Å². The maximum Gasteiger partial charge on any atom is 0.238 e. The number of nitrogens with zero attached hydrogens (tertiary/aromatic N) is 2. The molecule has 0 spiro atoms. The first-order valence-corrected chi connectivity index (χ1v) is 8.67. The SMILES string of the molecule is C=CCN(CC(=O)N1CCc2ccccc2C1)S(C)(=O)=O. The fourth-order valence-corrected chi connectivity index (χ4v) is 3.14. The Morgan fingerprint density at radius 3 is 2.67 bits per heavy atom. The van der Waals surface area contributed by atoms with Crippen LogP contribution in [0, 0.1) is 0 Å². The molecule has 1 amide bonds. The minimum atomic E-state index is -3.41. The predicted molar refractivity (Wildman–Crippen MR) is 82.2 cm³/mol. The van der Waals surface area contributed by atoms with Crippen LogP contribution in [0.5, 0.6) is 0 Å². The highest BCUT2D eigenvalue weighted by Crippen LogP contribution is 2.18. The zero-order valence-corrected chi connectivity index (χ0v) is 13.0. The smallest absolute Gasteiger partial charge is 0.238 e. The Hall–Kier alpha value is -1.66. The third-order valence-electron chi connectivity index (χ3n) is 3.60. The third-order valence-corrected chi connectivity index (χ3v) is 4.81. The number of carbonyl (C=O) groups excluding carboxylic acids is 1. The molecule has 0 saturated carbocycles. The zero-order valence-electron chi connectivity index (χ0n) is 12.2. The quantitative estimate of drug-likeness (QED) is 0.763. The van der Waals surface area contributed by atoms with Crippen LogP contribution in [0.15, 0.2) is 36.9 Å². The van der Waals surface area contributed by atoms with Gasteiger partial charge in [-0.3, -0.25) is 4.79 Å². The van der Waals surface area contributed by atoms with E-state index in [1.54, 1.807) is 4.90 Å². The number of fused-ring (bicyclic) bond motifs is 1. The van der Waals surface area contributed by atoms with Gasteiger partial charge in [0.2, 0.25) is 15.9 Å². The van der Waals surface area contributed by atoms with E-state index in [2.05, 4.69) is 12.6 Å². The predicted octanol–water partition coefficient (Wildman–Crippen LogP) is 1.02. The van der Waals surface area contributed by atoms with Crippen molar-refractivity contribution in [3.05, 3.63) is 48.0 Å². The molecule has 21 heavy (non-hydrogen) atoms. The molecule has 0 bridgehead atoms. The van der Waals surface area contributed by atoms with Gasteiger partial charge in [0.05, 0.1) is 12.8 Å². The van der Waals surface area contributed by atoms with Crippen molar-refractivity contribution in [1.82, 2.24) is 9.21 Å². The van der Waals surface area contributed by atoms with Crippen molar-refractivity contribution in [2.75, 3.05) is 25.9 Å². The van der Waals surface area contributed by atoms with Gasteiger partial charge in [-0.1, -0.05) is 30.3 Å². The van der Waals surface area contributed by atoms with Crippen LogP contribution in [0.3, 0.4) is 0 Å². The minimum absolute atomic E-state index is 0.132. The lowest BCUT2D eigenvalue weighted by Crippen LogP contribution is -2.44. The Morgan fingerprint density at radius 1 is 1.38 bits per heavy atom. The molecule has 0 fully saturated rings. The molecule has 1 aromatic rings. The average molecular weight is 308 g/mol. The van der Waals surface area contributed by atoms with Crippen LogP contribution in [0.25, 0.3) is 0 Å². The number of carbonyl (C=O) groups is 1. The van der Waals surface area contributed by atoms with Gasteiger partial charge < -0.3 is 4.90 Å². The minimum Gasteiger partial charge on any atom is -0.337 e. The Balaban J connectivity index is 2.06. The number of sulfonamides is 1. The summed E-state index contributed by atoms with van der Waals surface area (Å²) in [5, 5.41) is 0. The highest BCUT2D eigenvalue weighted by molar-refractivity contribution is 7.88. The van der Waals surface area contributed by atoms with E-state index in [-0.39, 0.29) is 19.0 Å². The first-order chi connectivity index (χ1) is 9.91. The van der Waals surface area contributed by atoms with Crippen LogP contribution in [-0.2, 0) is 27.8 Å². The third kappa shape index (κ3) is 3.92. The lowest BCUT2D eigenvalue weighted by Gasteiger charge is -2.30. The van der Waals surface area contributed by atoms with Gasteiger partial charge in [-0.25, -0.2) is 8.42 Å². The van der Waals surface area contributed by atoms with Gasteiger partial charge in [0.25, 0.3) is 0 Å². The van der Waals surface area contributed by atoms with E-state index in [0.717, 1.165) is 22.5 Å². The maximum atomic E-state index is 12.3. The van der Waals surface area contributed by atoms with Crippen LogP contribution in [-0.4, -0.2) is 49.4 Å². The van der Waals surface area contributed by atoms with Crippen molar-refractivity contribution in [1.29, 1.82) is 0 Å². The molecule has 6 heteroatoms. The zero-order chi connectivity index (χ0) is 15.5. The molecular formula is C15H20N2O3S. The van der Waals surface area contributed by atoms with Crippen molar-refractivity contribution < 1.29 is 13.2 Å². The summed E-state index contributed by atoms with van der Waals surface area (Å²) >= 11 is 0. The summed E-state index contributed by atoms with van der Waals surface area (Å²) in [7, 11) is -3.41. The van der Waals surface area contributed by atoms with E-state index in [1.165, 1.54) is 11.6 Å². The van der Waals surface area contributed by atoms with Gasteiger partial charge in [-0.15, -0.1) is 6.58 Å². The van der Waals surface area contributed by atoms with E-state index in [1.807, 2.05) is 18.2 Å². The van der Waals surface area contributed by atoms with Crippen molar-refractivity contribution in [2.24, 2.45) is 0 Å². The number of benzene rings is 1. The lowest BCUT2D eigenvalue weighted by atomic mass is 10.00. The fraction of sp³-hybridized carbons (Fsp3) is 0.400. The molecule has 1 aromatic carbocycles. The van der Waals surface area contributed by atoms with Crippen LogP contribution >= 0.6 is 0 Å². The molecule has 5 nitrogen and oxygen atoms in total. The first kappa shape index (κ1) is 15.7. The maximum absolute atomic E-state index is 12.3. The van der Waals surface area contributed by atoms with Crippen LogP contribution < -0.4 is 0 Å². The molecule has 0 saturated heterocycles. The average Bonchev–Trinajstić information content (AvgIpc) is 2.45. The summed E-state index contributed by atoms with van der Waals surface area (Å²) < 4.78 is 24.4. The van der Waals surface area contributed by atoms with Gasteiger partial charge in [-0.2, -0.15) is 4.31 Å². The molecule has 0 unspecified atom stereocenters. The molecule has 0 aliphatic carbocycles. The first-order valence-electron chi connectivity index (χ1n) is 6.82. The molecular weight excluding hydrogens is 288 g/mol. The second kappa shape index (κ2) is 6.41. The number of rotatable bonds is 5. The van der Waals surface area contributed by atoms with Gasteiger partial charge in [0.15, 0.2) is 0 Å². The van der Waals surface area contributed by atoms with E-state index in [4.69, 9.17) is 0 Å². The molecule has 0 radical (unpaired) electrons.